The summed E-state index contributed by atoms with van der Waals surface area (Å²) in [5.74, 6) is 0.732. The van der Waals surface area contributed by atoms with Gasteiger partial charge in [0.15, 0.2) is 0 Å². The molecule has 4 heteroatoms. The number of nitrogens with one attached hydrogen (secondary N) is 1. The predicted octanol–water partition coefficient (Wildman–Crippen LogP) is 1.09. The van der Waals surface area contributed by atoms with Crippen LogP contribution in [0.25, 0.3) is 0 Å². The fourth-order valence-electron chi connectivity index (χ4n) is 1.50. The Kier molecular flexibility index (Phi) is 5.97. The van der Waals surface area contributed by atoms with E-state index in [1.165, 1.54) is 0 Å². The number of benzene rings is 1. The second kappa shape index (κ2) is 7.27. The first-order valence-corrected chi connectivity index (χ1v) is 5.88. The Morgan fingerprint density at radius 3 is 2.71 bits per heavy atom. The molecule has 0 saturated carbocycles. The molecule has 0 aliphatic rings. The van der Waals surface area contributed by atoms with Crippen LogP contribution in [0.5, 0.6) is 5.75 Å². The van der Waals surface area contributed by atoms with Crippen molar-refractivity contribution >= 4 is 0 Å². The molecule has 4 nitrogen and oxygen atoms in total. The van der Waals surface area contributed by atoms with Crippen LogP contribution in [-0.4, -0.2) is 36.5 Å². The molecule has 2 unspecified atom stereocenters. The number of aliphatic hydroxyl groups excluding tert-OH is 2. The van der Waals surface area contributed by atoms with E-state index in [-0.39, 0.29) is 6.10 Å². The van der Waals surface area contributed by atoms with Gasteiger partial charge < -0.3 is 20.3 Å². The van der Waals surface area contributed by atoms with Crippen molar-refractivity contribution in [2.24, 2.45) is 0 Å². The predicted molar refractivity (Wildman–Crippen MR) is 67.1 cm³/mol. The lowest BCUT2D eigenvalue weighted by atomic mass is 10.1. The molecular weight excluding hydrogens is 218 g/mol. The van der Waals surface area contributed by atoms with E-state index < -0.39 is 6.10 Å². The zero-order chi connectivity index (χ0) is 12.7. The first-order valence-electron chi connectivity index (χ1n) is 5.88. The Bertz CT molecular complexity index is 330. The standard InChI is InChI=1S/C13H21NO3/c1-3-11(15)8-14-9-13(16)10-5-4-6-12(7-10)17-2/h4-7,11,13-16H,3,8-9H2,1-2H3. The number of hydrogen-bond acceptors (Lipinski definition) is 4. The van der Waals surface area contributed by atoms with E-state index in [0.29, 0.717) is 19.5 Å². The molecule has 0 bridgehead atoms. The van der Waals surface area contributed by atoms with Crippen LogP contribution < -0.4 is 10.1 Å². The molecule has 96 valence electrons. The third-order valence-electron chi connectivity index (χ3n) is 2.67. The smallest absolute Gasteiger partial charge is 0.119 e. The van der Waals surface area contributed by atoms with Crippen LogP contribution in [0.3, 0.4) is 0 Å². The third kappa shape index (κ3) is 4.73. The Morgan fingerprint density at radius 2 is 2.06 bits per heavy atom. The molecule has 0 aliphatic heterocycles. The van der Waals surface area contributed by atoms with Crippen molar-refractivity contribution in [2.45, 2.75) is 25.6 Å². The molecule has 1 aromatic carbocycles. The van der Waals surface area contributed by atoms with Gasteiger partial charge in [-0.3, -0.25) is 0 Å². The summed E-state index contributed by atoms with van der Waals surface area (Å²) in [6.45, 7) is 2.84. The number of aliphatic hydroxyl groups is 2. The summed E-state index contributed by atoms with van der Waals surface area (Å²) in [6, 6.07) is 7.34. The Balaban J connectivity index is 2.43. The molecule has 0 amide bonds. The van der Waals surface area contributed by atoms with E-state index in [1.54, 1.807) is 7.11 Å². The SMILES string of the molecule is CCC(O)CNCC(O)c1cccc(OC)c1. The number of hydrogen-bond donors (Lipinski definition) is 3. The zero-order valence-corrected chi connectivity index (χ0v) is 10.4. The highest BCUT2D eigenvalue weighted by Gasteiger charge is 2.08. The number of methoxy groups -OCH3 is 1. The maximum atomic E-state index is 9.93. The van der Waals surface area contributed by atoms with Crippen LogP contribution in [-0.2, 0) is 0 Å². The van der Waals surface area contributed by atoms with Crippen LogP contribution in [0, 0.1) is 0 Å². The summed E-state index contributed by atoms with van der Waals surface area (Å²) in [4.78, 5) is 0. The molecule has 0 spiro atoms. The van der Waals surface area contributed by atoms with E-state index in [1.807, 2.05) is 31.2 Å². The molecule has 0 saturated heterocycles. The summed E-state index contributed by atoms with van der Waals surface area (Å²) in [7, 11) is 1.60. The average Bonchev–Trinajstić information content (AvgIpc) is 2.38. The monoisotopic (exact) mass is 239 g/mol. The van der Waals surface area contributed by atoms with Crippen molar-refractivity contribution in [1.82, 2.24) is 5.32 Å². The van der Waals surface area contributed by atoms with Crippen LogP contribution in [0.4, 0.5) is 0 Å². The maximum Gasteiger partial charge on any atom is 0.119 e. The lowest BCUT2D eigenvalue weighted by molar-refractivity contribution is 0.144. The van der Waals surface area contributed by atoms with Crippen molar-refractivity contribution in [2.75, 3.05) is 20.2 Å². The second-order valence-electron chi connectivity index (χ2n) is 4.01. The van der Waals surface area contributed by atoms with Crippen molar-refractivity contribution in [3.8, 4) is 5.75 Å². The topological polar surface area (TPSA) is 61.7 Å². The molecular formula is C13H21NO3. The minimum Gasteiger partial charge on any atom is -0.497 e. The van der Waals surface area contributed by atoms with Gasteiger partial charge in [-0.1, -0.05) is 19.1 Å². The Labute approximate surface area is 102 Å². The summed E-state index contributed by atoms with van der Waals surface area (Å²) in [6.07, 6.45) is -0.232. The minimum absolute atomic E-state index is 0.354. The first kappa shape index (κ1) is 14.0. The van der Waals surface area contributed by atoms with Crippen molar-refractivity contribution in [3.05, 3.63) is 29.8 Å². The van der Waals surface area contributed by atoms with E-state index >= 15 is 0 Å². The molecule has 1 rings (SSSR count). The van der Waals surface area contributed by atoms with E-state index in [2.05, 4.69) is 5.32 Å². The van der Waals surface area contributed by atoms with Crippen LogP contribution >= 0.6 is 0 Å². The normalized spacial score (nSPS) is 14.4. The number of rotatable bonds is 7. The van der Waals surface area contributed by atoms with Gasteiger partial charge in [0, 0.05) is 13.1 Å². The molecule has 0 aliphatic carbocycles. The highest BCUT2D eigenvalue weighted by Crippen LogP contribution is 2.18. The van der Waals surface area contributed by atoms with Gasteiger partial charge >= 0.3 is 0 Å². The van der Waals surface area contributed by atoms with Crippen LogP contribution in [0.2, 0.25) is 0 Å². The summed E-state index contributed by atoms with van der Waals surface area (Å²) in [5, 5.41) is 22.3. The largest absolute Gasteiger partial charge is 0.497 e. The molecule has 0 radical (unpaired) electrons. The summed E-state index contributed by atoms with van der Waals surface area (Å²) >= 11 is 0. The Morgan fingerprint density at radius 1 is 1.29 bits per heavy atom. The van der Waals surface area contributed by atoms with Crippen molar-refractivity contribution in [1.29, 1.82) is 0 Å². The molecule has 0 heterocycles. The van der Waals surface area contributed by atoms with E-state index in [0.717, 1.165) is 11.3 Å². The molecule has 1 aromatic rings. The first-order chi connectivity index (χ1) is 8.17. The van der Waals surface area contributed by atoms with Gasteiger partial charge in [-0.15, -0.1) is 0 Å². The lowest BCUT2D eigenvalue weighted by Gasteiger charge is -2.14. The average molecular weight is 239 g/mol. The van der Waals surface area contributed by atoms with Gasteiger partial charge in [0.05, 0.1) is 19.3 Å². The third-order valence-corrected chi connectivity index (χ3v) is 2.67. The van der Waals surface area contributed by atoms with Gasteiger partial charge in [0.1, 0.15) is 5.75 Å². The molecule has 3 N–H and O–H groups in total. The van der Waals surface area contributed by atoms with Crippen LogP contribution in [0.15, 0.2) is 24.3 Å². The summed E-state index contributed by atoms with van der Waals surface area (Å²) in [5.41, 5.74) is 0.808. The molecule has 0 fully saturated rings. The van der Waals surface area contributed by atoms with Gasteiger partial charge in [0.2, 0.25) is 0 Å². The highest BCUT2D eigenvalue weighted by molar-refractivity contribution is 5.29. The quantitative estimate of drug-likeness (QED) is 0.666. The number of ether oxygens (including phenoxy) is 1. The van der Waals surface area contributed by atoms with Crippen LogP contribution in [0.1, 0.15) is 25.0 Å². The fourth-order valence-corrected chi connectivity index (χ4v) is 1.50. The van der Waals surface area contributed by atoms with E-state index in [4.69, 9.17) is 4.74 Å². The molecule has 0 aromatic heterocycles. The fraction of sp³-hybridized carbons (Fsp3) is 0.538. The van der Waals surface area contributed by atoms with Gasteiger partial charge in [-0.05, 0) is 24.1 Å². The van der Waals surface area contributed by atoms with Gasteiger partial charge in [-0.2, -0.15) is 0 Å². The maximum absolute atomic E-state index is 9.93. The highest BCUT2D eigenvalue weighted by atomic mass is 16.5. The van der Waals surface area contributed by atoms with Crippen molar-refractivity contribution < 1.29 is 14.9 Å². The zero-order valence-electron chi connectivity index (χ0n) is 10.4. The van der Waals surface area contributed by atoms with Gasteiger partial charge in [-0.25, -0.2) is 0 Å². The minimum atomic E-state index is -0.589. The molecule has 17 heavy (non-hydrogen) atoms. The molecule has 2 atom stereocenters. The summed E-state index contributed by atoms with van der Waals surface area (Å²) < 4.78 is 5.09. The Hall–Kier alpha value is -1.10. The second-order valence-corrected chi connectivity index (χ2v) is 4.01. The van der Waals surface area contributed by atoms with Crippen molar-refractivity contribution in [3.63, 3.8) is 0 Å². The van der Waals surface area contributed by atoms with Gasteiger partial charge in [0.25, 0.3) is 0 Å². The lowest BCUT2D eigenvalue weighted by Crippen LogP contribution is -2.29. The van der Waals surface area contributed by atoms with E-state index in [9.17, 15) is 10.2 Å².